The second-order valence-electron chi connectivity index (χ2n) is 6.08. The number of carbonyl (C=O) groups is 2. The molecule has 2 N–H and O–H groups in total. The van der Waals surface area contributed by atoms with Crippen LogP contribution in [-0.4, -0.2) is 48.3 Å². The van der Waals surface area contributed by atoms with E-state index in [1.54, 1.807) is 39.5 Å². The Morgan fingerprint density at radius 1 is 1.07 bits per heavy atom. The minimum absolute atomic E-state index is 0.0854. The van der Waals surface area contributed by atoms with Crippen LogP contribution in [0.5, 0.6) is 0 Å². The summed E-state index contributed by atoms with van der Waals surface area (Å²) >= 11 is 3.41. The first kappa shape index (κ1) is 19.3. The van der Waals surface area contributed by atoms with Crippen LogP contribution < -0.4 is 10.4 Å². The predicted molar refractivity (Wildman–Crippen MR) is 104 cm³/mol. The molecule has 27 heavy (non-hydrogen) atoms. The highest BCUT2D eigenvalue weighted by molar-refractivity contribution is 9.10. The summed E-state index contributed by atoms with van der Waals surface area (Å²) in [4.78, 5) is 28.0. The molecule has 1 heterocycles. The number of benzene rings is 2. The number of nitrogens with one attached hydrogen (secondary N) is 1. The average molecular weight is 434 g/mol. The Morgan fingerprint density at radius 2 is 1.70 bits per heavy atom. The van der Waals surface area contributed by atoms with Gasteiger partial charge in [0.1, 0.15) is 0 Å². The van der Waals surface area contributed by atoms with Gasteiger partial charge >= 0.3 is 6.03 Å². The quantitative estimate of drug-likeness (QED) is 0.573. The third-order valence-corrected chi connectivity index (χ3v) is 4.84. The van der Waals surface area contributed by atoms with Crippen molar-refractivity contribution in [1.82, 2.24) is 10.4 Å². The van der Waals surface area contributed by atoms with Crippen LogP contribution in [0, 0.1) is 0 Å². The molecule has 1 saturated heterocycles. The summed E-state index contributed by atoms with van der Waals surface area (Å²) in [7, 11) is 0. The van der Waals surface area contributed by atoms with Gasteiger partial charge < -0.3 is 9.64 Å². The van der Waals surface area contributed by atoms with E-state index in [1.165, 1.54) is 0 Å². The van der Waals surface area contributed by atoms with Crippen LogP contribution in [-0.2, 0) is 11.3 Å². The summed E-state index contributed by atoms with van der Waals surface area (Å²) in [6, 6.07) is 14.2. The highest BCUT2D eigenvalue weighted by Gasteiger charge is 2.24. The topological polar surface area (TPSA) is 82.1 Å². The van der Waals surface area contributed by atoms with E-state index in [0.717, 1.165) is 15.7 Å². The molecule has 0 saturated carbocycles. The van der Waals surface area contributed by atoms with E-state index in [-0.39, 0.29) is 6.03 Å². The van der Waals surface area contributed by atoms with E-state index in [1.807, 2.05) is 24.3 Å². The number of hydrogen-bond donors (Lipinski definition) is 2. The molecule has 7 nitrogen and oxygen atoms in total. The van der Waals surface area contributed by atoms with Crippen molar-refractivity contribution in [3.63, 3.8) is 0 Å². The van der Waals surface area contributed by atoms with Gasteiger partial charge in [0.05, 0.1) is 19.8 Å². The van der Waals surface area contributed by atoms with Crippen LogP contribution in [0.3, 0.4) is 0 Å². The van der Waals surface area contributed by atoms with Gasteiger partial charge in [0.25, 0.3) is 5.91 Å². The number of rotatable bonds is 4. The van der Waals surface area contributed by atoms with Crippen LogP contribution in [0.4, 0.5) is 10.5 Å². The first-order valence-corrected chi connectivity index (χ1v) is 9.31. The summed E-state index contributed by atoms with van der Waals surface area (Å²) in [6.07, 6.45) is 0. The van der Waals surface area contributed by atoms with E-state index >= 15 is 0 Å². The number of amides is 3. The molecule has 3 amide bonds. The lowest BCUT2D eigenvalue weighted by Gasteiger charge is -2.33. The molecule has 2 aromatic rings. The number of halogens is 1. The van der Waals surface area contributed by atoms with Crippen LogP contribution >= 0.6 is 15.9 Å². The summed E-state index contributed by atoms with van der Waals surface area (Å²) in [6.45, 7) is 2.54. The average Bonchev–Trinajstić information content (AvgIpc) is 2.73. The Bertz CT molecular complexity index is 790. The number of hydrogen-bond acceptors (Lipinski definition) is 4. The van der Waals surface area contributed by atoms with Gasteiger partial charge in [-0.05, 0) is 42.0 Å². The van der Waals surface area contributed by atoms with E-state index in [4.69, 9.17) is 9.94 Å². The van der Waals surface area contributed by atoms with Gasteiger partial charge in [-0.1, -0.05) is 28.1 Å². The second-order valence-corrected chi connectivity index (χ2v) is 7.00. The van der Waals surface area contributed by atoms with Gasteiger partial charge in [0.2, 0.25) is 0 Å². The van der Waals surface area contributed by atoms with Crippen molar-refractivity contribution in [3.05, 3.63) is 64.1 Å². The molecule has 1 fully saturated rings. The lowest BCUT2D eigenvalue weighted by molar-refractivity contribution is 0.0548. The third-order valence-electron chi connectivity index (χ3n) is 4.31. The van der Waals surface area contributed by atoms with Crippen molar-refractivity contribution in [3.8, 4) is 0 Å². The fourth-order valence-corrected chi connectivity index (χ4v) is 3.09. The normalized spacial score (nSPS) is 13.9. The Balaban J connectivity index is 1.83. The van der Waals surface area contributed by atoms with E-state index in [9.17, 15) is 9.59 Å². The second kappa shape index (κ2) is 8.98. The molecule has 1 aliphatic heterocycles. The number of carbonyl (C=O) groups excluding carboxylic acids is 2. The van der Waals surface area contributed by atoms with Crippen LogP contribution in [0.25, 0.3) is 0 Å². The number of anilines is 1. The standard InChI is InChI=1S/C19H20BrN3O4/c20-16-5-7-17(8-6-16)23(19(25)22-9-11-27-12-10-22)13-14-1-3-15(4-2-14)18(24)21-26/h1-8,26H,9-13H2,(H,21,24). The summed E-state index contributed by atoms with van der Waals surface area (Å²) in [5, 5.41) is 8.72. The Morgan fingerprint density at radius 3 is 2.30 bits per heavy atom. The fraction of sp³-hybridized carbons (Fsp3) is 0.263. The molecular formula is C19H20BrN3O4. The Hall–Kier alpha value is -2.42. The molecule has 1 aliphatic rings. The minimum Gasteiger partial charge on any atom is -0.378 e. The maximum absolute atomic E-state index is 13.1. The number of morpholine rings is 1. The van der Waals surface area contributed by atoms with Gasteiger partial charge in [-0.25, -0.2) is 10.3 Å². The number of hydroxylamine groups is 1. The smallest absolute Gasteiger partial charge is 0.324 e. The molecule has 3 rings (SSSR count). The van der Waals surface area contributed by atoms with Gasteiger partial charge in [-0.3, -0.25) is 14.9 Å². The molecule has 142 valence electrons. The highest BCUT2D eigenvalue weighted by Crippen LogP contribution is 2.22. The Kier molecular flexibility index (Phi) is 6.44. The number of nitrogens with zero attached hydrogens (tertiary/aromatic N) is 2. The maximum atomic E-state index is 13.1. The predicted octanol–water partition coefficient (Wildman–Crippen LogP) is 3.03. The molecular weight excluding hydrogens is 414 g/mol. The lowest BCUT2D eigenvalue weighted by Crippen LogP contribution is -2.48. The van der Waals surface area contributed by atoms with Crippen LogP contribution in [0.15, 0.2) is 53.0 Å². The summed E-state index contributed by atoms with van der Waals surface area (Å²) in [5.74, 6) is -0.573. The Labute approximate surface area is 165 Å². The first-order chi connectivity index (χ1) is 13.1. The van der Waals surface area contributed by atoms with E-state index in [2.05, 4.69) is 15.9 Å². The van der Waals surface area contributed by atoms with Crippen LogP contribution in [0.2, 0.25) is 0 Å². The van der Waals surface area contributed by atoms with Crippen molar-refractivity contribution in [2.75, 3.05) is 31.2 Å². The number of ether oxygens (including phenoxy) is 1. The van der Waals surface area contributed by atoms with Gasteiger partial charge in [-0.2, -0.15) is 0 Å². The summed E-state index contributed by atoms with van der Waals surface area (Å²) < 4.78 is 6.27. The molecule has 0 aliphatic carbocycles. The van der Waals surface area contributed by atoms with E-state index in [0.29, 0.717) is 38.4 Å². The third kappa shape index (κ3) is 4.85. The maximum Gasteiger partial charge on any atom is 0.324 e. The van der Waals surface area contributed by atoms with Crippen molar-refractivity contribution in [2.45, 2.75) is 6.54 Å². The van der Waals surface area contributed by atoms with Gasteiger partial charge in [0, 0.05) is 28.8 Å². The van der Waals surface area contributed by atoms with E-state index < -0.39 is 5.91 Å². The molecule has 0 bridgehead atoms. The van der Waals surface area contributed by atoms with Crippen molar-refractivity contribution in [1.29, 1.82) is 0 Å². The molecule has 0 radical (unpaired) electrons. The molecule has 2 aromatic carbocycles. The van der Waals surface area contributed by atoms with Crippen molar-refractivity contribution in [2.24, 2.45) is 0 Å². The van der Waals surface area contributed by atoms with Crippen molar-refractivity contribution < 1.29 is 19.5 Å². The van der Waals surface area contributed by atoms with Crippen LogP contribution in [0.1, 0.15) is 15.9 Å². The number of urea groups is 1. The zero-order chi connectivity index (χ0) is 19.2. The SMILES string of the molecule is O=C(NO)c1ccc(CN(C(=O)N2CCOCC2)c2ccc(Br)cc2)cc1. The first-order valence-electron chi connectivity index (χ1n) is 8.51. The monoisotopic (exact) mass is 433 g/mol. The summed E-state index contributed by atoms with van der Waals surface area (Å²) in [5.41, 5.74) is 3.60. The van der Waals surface area contributed by atoms with Crippen molar-refractivity contribution >= 4 is 33.6 Å². The molecule has 0 aromatic heterocycles. The zero-order valence-corrected chi connectivity index (χ0v) is 16.2. The van der Waals surface area contributed by atoms with Gasteiger partial charge in [0.15, 0.2) is 0 Å². The zero-order valence-electron chi connectivity index (χ0n) is 14.6. The van der Waals surface area contributed by atoms with Gasteiger partial charge in [-0.15, -0.1) is 0 Å². The highest BCUT2D eigenvalue weighted by atomic mass is 79.9. The molecule has 0 unspecified atom stereocenters. The fourth-order valence-electron chi connectivity index (χ4n) is 2.82. The lowest BCUT2D eigenvalue weighted by atomic mass is 10.1. The molecule has 0 atom stereocenters. The largest absolute Gasteiger partial charge is 0.378 e. The molecule has 0 spiro atoms. The molecule has 8 heteroatoms. The minimum atomic E-state index is -0.573.